The first-order chi connectivity index (χ1) is 12.6. The smallest absolute Gasteiger partial charge is 0.175 e. The van der Waals surface area contributed by atoms with Gasteiger partial charge in [0.05, 0.1) is 17.7 Å². The van der Waals surface area contributed by atoms with Gasteiger partial charge < -0.3 is 19.9 Å². The van der Waals surface area contributed by atoms with Crippen molar-refractivity contribution in [3.63, 3.8) is 0 Å². The number of aliphatic hydroxyl groups is 1. The molecule has 2 aromatic carbocycles. The lowest BCUT2D eigenvalue weighted by Crippen LogP contribution is -2.31. The predicted molar refractivity (Wildman–Crippen MR) is 116 cm³/mol. The molecule has 0 fully saturated rings. The molecule has 0 saturated carbocycles. The van der Waals surface area contributed by atoms with E-state index in [1.165, 1.54) is 0 Å². The fourth-order valence-electron chi connectivity index (χ4n) is 2.49. The summed E-state index contributed by atoms with van der Waals surface area (Å²) in [4.78, 5) is 0. The lowest BCUT2D eigenvalue weighted by atomic mass is 10.1. The van der Waals surface area contributed by atoms with E-state index in [0.29, 0.717) is 36.3 Å². The second kappa shape index (κ2) is 12.5. The van der Waals surface area contributed by atoms with Crippen LogP contribution >= 0.6 is 39.9 Å². The SMILES string of the molecule is CCOc1cc(CNC(CC)CO)cc(Br)c1OCc1ccccc1Cl.Cl. The first kappa shape index (κ1) is 24.1. The molecule has 0 spiro atoms. The summed E-state index contributed by atoms with van der Waals surface area (Å²) in [6.07, 6.45) is 0.870. The van der Waals surface area contributed by atoms with Crippen LogP contribution in [0.2, 0.25) is 5.02 Å². The van der Waals surface area contributed by atoms with Gasteiger partial charge >= 0.3 is 0 Å². The van der Waals surface area contributed by atoms with E-state index in [-0.39, 0.29) is 25.1 Å². The molecule has 2 rings (SSSR count). The van der Waals surface area contributed by atoms with Crippen molar-refractivity contribution in [3.05, 3.63) is 57.0 Å². The van der Waals surface area contributed by atoms with Gasteiger partial charge in [-0.3, -0.25) is 0 Å². The van der Waals surface area contributed by atoms with Gasteiger partial charge in [-0.05, 0) is 53.0 Å². The monoisotopic (exact) mass is 477 g/mol. The maximum Gasteiger partial charge on any atom is 0.175 e. The zero-order valence-corrected chi connectivity index (χ0v) is 18.7. The second-order valence-corrected chi connectivity index (χ2v) is 7.15. The average Bonchev–Trinajstić information content (AvgIpc) is 2.63. The summed E-state index contributed by atoms with van der Waals surface area (Å²) < 4.78 is 12.6. The average molecular weight is 479 g/mol. The normalized spacial score (nSPS) is 11.6. The molecule has 150 valence electrons. The first-order valence-electron chi connectivity index (χ1n) is 8.74. The molecule has 0 aliphatic heterocycles. The zero-order valence-electron chi connectivity index (χ0n) is 15.5. The van der Waals surface area contributed by atoms with E-state index >= 15 is 0 Å². The van der Waals surface area contributed by atoms with Crippen molar-refractivity contribution in [2.45, 2.75) is 39.5 Å². The van der Waals surface area contributed by atoms with Crippen molar-refractivity contribution in [1.29, 1.82) is 0 Å². The first-order valence-corrected chi connectivity index (χ1v) is 9.91. The third-order valence-corrected chi connectivity index (χ3v) is 4.96. The third kappa shape index (κ3) is 7.16. The highest BCUT2D eigenvalue weighted by Gasteiger charge is 2.14. The second-order valence-electron chi connectivity index (χ2n) is 5.89. The van der Waals surface area contributed by atoms with Crippen molar-refractivity contribution < 1.29 is 14.6 Å². The molecular formula is C20H26BrCl2NO3. The Morgan fingerprint density at radius 2 is 1.93 bits per heavy atom. The van der Waals surface area contributed by atoms with Gasteiger partial charge in [-0.2, -0.15) is 0 Å². The molecule has 0 saturated heterocycles. The molecule has 1 atom stereocenters. The lowest BCUT2D eigenvalue weighted by molar-refractivity contribution is 0.238. The van der Waals surface area contributed by atoms with Crippen LogP contribution in [-0.2, 0) is 13.2 Å². The fourth-order valence-corrected chi connectivity index (χ4v) is 3.29. The van der Waals surface area contributed by atoms with E-state index < -0.39 is 0 Å². The summed E-state index contributed by atoms with van der Waals surface area (Å²) in [5.41, 5.74) is 1.97. The number of halogens is 3. The van der Waals surface area contributed by atoms with Crippen LogP contribution < -0.4 is 14.8 Å². The molecular weight excluding hydrogens is 453 g/mol. The number of aliphatic hydroxyl groups excluding tert-OH is 1. The van der Waals surface area contributed by atoms with Crippen LogP contribution in [0.1, 0.15) is 31.4 Å². The Hall–Kier alpha value is -0.980. The van der Waals surface area contributed by atoms with Gasteiger partial charge in [0.2, 0.25) is 0 Å². The molecule has 2 N–H and O–H groups in total. The van der Waals surface area contributed by atoms with Crippen LogP contribution in [0.3, 0.4) is 0 Å². The van der Waals surface area contributed by atoms with Crippen molar-refractivity contribution in [1.82, 2.24) is 5.32 Å². The largest absolute Gasteiger partial charge is 0.490 e. The minimum Gasteiger partial charge on any atom is -0.490 e. The number of hydrogen-bond acceptors (Lipinski definition) is 4. The summed E-state index contributed by atoms with van der Waals surface area (Å²) in [5.74, 6) is 1.34. The van der Waals surface area contributed by atoms with Gasteiger partial charge in [-0.15, -0.1) is 12.4 Å². The Bertz CT molecular complexity index is 712. The van der Waals surface area contributed by atoms with Crippen molar-refractivity contribution in [3.8, 4) is 11.5 Å². The zero-order chi connectivity index (χ0) is 18.9. The van der Waals surface area contributed by atoms with Crippen LogP contribution in [0, 0.1) is 0 Å². The Morgan fingerprint density at radius 1 is 1.19 bits per heavy atom. The molecule has 0 amide bonds. The van der Waals surface area contributed by atoms with Crippen molar-refractivity contribution in [2.24, 2.45) is 0 Å². The van der Waals surface area contributed by atoms with E-state index in [2.05, 4.69) is 21.2 Å². The van der Waals surface area contributed by atoms with Crippen LogP contribution in [0.15, 0.2) is 40.9 Å². The van der Waals surface area contributed by atoms with Crippen molar-refractivity contribution in [2.75, 3.05) is 13.2 Å². The molecule has 0 radical (unpaired) electrons. The minimum atomic E-state index is 0. The lowest BCUT2D eigenvalue weighted by Gasteiger charge is -2.18. The summed E-state index contributed by atoms with van der Waals surface area (Å²) in [5, 5.41) is 13.3. The third-order valence-electron chi connectivity index (χ3n) is 4.01. The van der Waals surface area contributed by atoms with E-state index in [9.17, 15) is 5.11 Å². The topological polar surface area (TPSA) is 50.7 Å². The summed E-state index contributed by atoms with van der Waals surface area (Å²) in [6, 6.07) is 11.7. The number of benzene rings is 2. The number of rotatable bonds is 10. The molecule has 4 nitrogen and oxygen atoms in total. The van der Waals surface area contributed by atoms with Gasteiger partial charge in [0.25, 0.3) is 0 Å². The molecule has 1 unspecified atom stereocenters. The van der Waals surface area contributed by atoms with Gasteiger partial charge in [0, 0.05) is 23.2 Å². The maximum atomic E-state index is 9.31. The van der Waals surface area contributed by atoms with E-state index in [0.717, 1.165) is 22.0 Å². The van der Waals surface area contributed by atoms with E-state index in [1.807, 2.05) is 50.2 Å². The Balaban J connectivity index is 0.00000364. The highest BCUT2D eigenvalue weighted by atomic mass is 79.9. The Kier molecular flexibility index (Phi) is 11.1. The fraction of sp³-hybridized carbons (Fsp3) is 0.400. The summed E-state index contributed by atoms with van der Waals surface area (Å²) in [7, 11) is 0. The summed E-state index contributed by atoms with van der Waals surface area (Å²) >= 11 is 9.79. The van der Waals surface area contributed by atoms with E-state index in [1.54, 1.807) is 0 Å². The standard InChI is InChI=1S/C20H25BrClNO3.ClH/c1-3-16(12-24)23-11-14-9-17(21)20(19(10-14)25-4-2)26-13-15-7-5-6-8-18(15)22;/h5-10,16,23-24H,3-4,11-13H2,1-2H3;1H. The molecule has 27 heavy (non-hydrogen) atoms. The maximum absolute atomic E-state index is 9.31. The molecule has 0 bridgehead atoms. The quantitative estimate of drug-likeness (QED) is 0.482. The number of hydrogen-bond donors (Lipinski definition) is 2. The van der Waals surface area contributed by atoms with Crippen LogP contribution in [0.25, 0.3) is 0 Å². The molecule has 0 aromatic heterocycles. The molecule has 2 aromatic rings. The Morgan fingerprint density at radius 3 is 2.56 bits per heavy atom. The Labute approximate surface area is 180 Å². The van der Waals surface area contributed by atoms with Gasteiger partial charge in [-0.1, -0.05) is 36.7 Å². The highest BCUT2D eigenvalue weighted by molar-refractivity contribution is 9.10. The highest BCUT2D eigenvalue weighted by Crippen LogP contribution is 2.37. The predicted octanol–water partition coefficient (Wildman–Crippen LogP) is 5.36. The van der Waals surface area contributed by atoms with Crippen LogP contribution in [0.4, 0.5) is 0 Å². The molecule has 7 heteroatoms. The van der Waals surface area contributed by atoms with Gasteiger partial charge in [-0.25, -0.2) is 0 Å². The van der Waals surface area contributed by atoms with Crippen LogP contribution in [-0.4, -0.2) is 24.4 Å². The molecule has 0 heterocycles. The van der Waals surface area contributed by atoms with Gasteiger partial charge in [0.15, 0.2) is 11.5 Å². The van der Waals surface area contributed by atoms with E-state index in [4.69, 9.17) is 21.1 Å². The van der Waals surface area contributed by atoms with Crippen molar-refractivity contribution >= 4 is 39.9 Å². The minimum absolute atomic E-state index is 0. The van der Waals surface area contributed by atoms with Crippen LogP contribution in [0.5, 0.6) is 11.5 Å². The van der Waals surface area contributed by atoms with Gasteiger partial charge in [0.1, 0.15) is 6.61 Å². The number of ether oxygens (including phenoxy) is 2. The summed E-state index contributed by atoms with van der Waals surface area (Å²) in [6.45, 7) is 5.65. The molecule has 0 aliphatic carbocycles. The number of nitrogens with one attached hydrogen (secondary N) is 1. The molecule has 0 aliphatic rings.